The number of hydrogen-bond acceptors (Lipinski definition) is 3. The third kappa shape index (κ3) is 2.78. The molecule has 90 valence electrons. The lowest BCUT2D eigenvalue weighted by atomic mass is 9.96. The van der Waals surface area contributed by atoms with Crippen molar-refractivity contribution in [1.29, 1.82) is 0 Å². The minimum Gasteiger partial charge on any atom is -0.379 e. The van der Waals surface area contributed by atoms with Crippen molar-refractivity contribution in [2.45, 2.75) is 32.4 Å². The van der Waals surface area contributed by atoms with Crippen molar-refractivity contribution in [1.82, 2.24) is 5.43 Å². The number of rotatable bonds is 5. The molecule has 0 amide bonds. The first-order valence-corrected chi connectivity index (χ1v) is 5.39. The first kappa shape index (κ1) is 13.1. The smallest absolute Gasteiger partial charge is 0.123 e. The molecule has 0 spiro atoms. The van der Waals surface area contributed by atoms with Crippen LogP contribution in [0, 0.1) is 12.7 Å². The molecule has 0 bridgehead atoms. The number of ether oxygens (including phenoxy) is 1. The Bertz CT molecular complexity index is 340. The van der Waals surface area contributed by atoms with E-state index in [9.17, 15) is 4.39 Å². The Balaban J connectivity index is 3.03. The molecule has 0 heterocycles. The van der Waals surface area contributed by atoms with Gasteiger partial charge in [-0.3, -0.25) is 11.3 Å². The van der Waals surface area contributed by atoms with E-state index in [0.29, 0.717) is 0 Å². The quantitative estimate of drug-likeness (QED) is 0.597. The second-order valence-corrected chi connectivity index (χ2v) is 3.83. The van der Waals surface area contributed by atoms with E-state index in [1.54, 1.807) is 13.2 Å². The van der Waals surface area contributed by atoms with Crippen LogP contribution in [0.5, 0.6) is 0 Å². The van der Waals surface area contributed by atoms with Crippen LogP contribution in [0.1, 0.15) is 30.5 Å². The van der Waals surface area contributed by atoms with Gasteiger partial charge in [-0.1, -0.05) is 13.0 Å². The number of halogens is 1. The molecule has 3 N–H and O–H groups in total. The second-order valence-electron chi connectivity index (χ2n) is 3.83. The average Bonchev–Trinajstić information content (AvgIpc) is 2.27. The number of hydrogen-bond donors (Lipinski definition) is 2. The largest absolute Gasteiger partial charge is 0.379 e. The van der Waals surface area contributed by atoms with Crippen molar-refractivity contribution >= 4 is 0 Å². The summed E-state index contributed by atoms with van der Waals surface area (Å²) in [5.41, 5.74) is 4.58. The number of nitrogens with one attached hydrogen (secondary N) is 1. The Kier molecular flexibility index (Phi) is 4.86. The van der Waals surface area contributed by atoms with Crippen LogP contribution in [0.25, 0.3) is 0 Å². The fourth-order valence-electron chi connectivity index (χ4n) is 1.92. The van der Waals surface area contributed by atoms with Gasteiger partial charge in [0.25, 0.3) is 0 Å². The lowest BCUT2D eigenvalue weighted by molar-refractivity contribution is 0.0649. The third-order valence-electron chi connectivity index (χ3n) is 2.82. The molecule has 16 heavy (non-hydrogen) atoms. The molecule has 1 aromatic rings. The molecule has 1 aromatic carbocycles. The Morgan fingerprint density at radius 1 is 1.50 bits per heavy atom. The Labute approximate surface area is 95.8 Å². The van der Waals surface area contributed by atoms with E-state index in [2.05, 4.69) is 5.43 Å². The van der Waals surface area contributed by atoms with Gasteiger partial charge in [0, 0.05) is 7.11 Å². The molecule has 2 atom stereocenters. The average molecular weight is 226 g/mol. The van der Waals surface area contributed by atoms with E-state index in [0.717, 1.165) is 17.5 Å². The molecule has 0 aliphatic heterocycles. The summed E-state index contributed by atoms with van der Waals surface area (Å²) in [5.74, 6) is 5.31. The first-order chi connectivity index (χ1) is 7.63. The molecule has 4 heteroatoms. The van der Waals surface area contributed by atoms with Crippen LogP contribution in [0.15, 0.2) is 18.2 Å². The summed E-state index contributed by atoms with van der Waals surface area (Å²) in [4.78, 5) is 0. The molecule has 1 rings (SSSR count). The maximum absolute atomic E-state index is 13.0. The van der Waals surface area contributed by atoms with E-state index in [1.807, 2.05) is 13.8 Å². The van der Waals surface area contributed by atoms with Gasteiger partial charge < -0.3 is 4.74 Å². The van der Waals surface area contributed by atoms with Gasteiger partial charge in [0.1, 0.15) is 5.82 Å². The van der Waals surface area contributed by atoms with Gasteiger partial charge in [-0.2, -0.15) is 0 Å². The highest BCUT2D eigenvalue weighted by Gasteiger charge is 2.21. The highest BCUT2D eigenvalue weighted by molar-refractivity contribution is 5.30. The Morgan fingerprint density at radius 2 is 2.19 bits per heavy atom. The second kappa shape index (κ2) is 5.94. The van der Waals surface area contributed by atoms with Crippen molar-refractivity contribution in [2.24, 2.45) is 5.84 Å². The number of hydrazine groups is 1. The van der Waals surface area contributed by atoms with Crippen molar-refractivity contribution in [2.75, 3.05) is 7.11 Å². The van der Waals surface area contributed by atoms with Gasteiger partial charge in [0.15, 0.2) is 0 Å². The molecule has 0 radical (unpaired) electrons. The highest BCUT2D eigenvalue weighted by atomic mass is 19.1. The summed E-state index contributed by atoms with van der Waals surface area (Å²) in [5, 5.41) is 0. The van der Waals surface area contributed by atoms with Gasteiger partial charge in [0.2, 0.25) is 0 Å². The molecule has 0 saturated carbocycles. The fourth-order valence-corrected chi connectivity index (χ4v) is 1.92. The summed E-state index contributed by atoms with van der Waals surface area (Å²) in [6.45, 7) is 3.89. The van der Waals surface area contributed by atoms with Crippen LogP contribution >= 0.6 is 0 Å². The van der Waals surface area contributed by atoms with Gasteiger partial charge in [-0.15, -0.1) is 0 Å². The first-order valence-electron chi connectivity index (χ1n) is 5.39. The molecule has 0 aliphatic rings. The summed E-state index contributed by atoms with van der Waals surface area (Å²) >= 11 is 0. The van der Waals surface area contributed by atoms with Gasteiger partial charge in [-0.05, 0) is 36.6 Å². The molecular formula is C12H19FN2O. The van der Waals surface area contributed by atoms with Gasteiger partial charge >= 0.3 is 0 Å². The number of benzene rings is 1. The van der Waals surface area contributed by atoms with Crippen LogP contribution < -0.4 is 11.3 Å². The van der Waals surface area contributed by atoms with Crippen molar-refractivity contribution in [3.63, 3.8) is 0 Å². The minimum atomic E-state index is -0.234. The summed E-state index contributed by atoms with van der Waals surface area (Å²) in [6.07, 6.45) is 0.816. The van der Waals surface area contributed by atoms with E-state index in [-0.39, 0.29) is 18.0 Å². The predicted octanol–water partition coefficient (Wildman–Crippen LogP) is 2.06. The van der Waals surface area contributed by atoms with E-state index in [4.69, 9.17) is 10.6 Å². The Morgan fingerprint density at radius 3 is 2.62 bits per heavy atom. The summed E-state index contributed by atoms with van der Waals surface area (Å²) in [7, 11) is 1.65. The van der Waals surface area contributed by atoms with Crippen molar-refractivity contribution in [3.05, 3.63) is 35.1 Å². The van der Waals surface area contributed by atoms with Crippen LogP contribution in [0.2, 0.25) is 0 Å². The van der Waals surface area contributed by atoms with Crippen molar-refractivity contribution < 1.29 is 9.13 Å². The number of aryl methyl sites for hydroxylation is 1. The lowest BCUT2D eigenvalue weighted by Crippen LogP contribution is -2.37. The number of methoxy groups -OCH3 is 1. The molecular weight excluding hydrogens is 207 g/mol. The summed E-state index contributed by atoms with van der Waals surface area (Å²) < 4.78 is 18.4. The molecule has 2 unspecified atom stereocenters. The monoisotopic (exact) mass is 226 g/mol. The molecule has 0 aromatic heterocycles. The van der Waals surface area contributed by atoms with E-state index >= 15 is 0 Å². The molecule has 3 nitrogen and oxygen atoms in total. The minimum absolute atomic E-state index is 0.0193. The standard InChI is InChI=1S/C12H19FN2O/c1-4-11(16-3)12(15-14)10-6-5-9(13)7-8(10)2/h5-7,11-12,15H,4,14H2,1-3H3. The van der Waals surface area contributed by atoms with Gasteiger partial charge in [0.05, 0.1) is 12.1 Å². The molecule has 0 aliphatic carbocycles. The van der Waals surface area contributed by atoms with E-state index in [1.165, 1.54) is 12.1 Å². The predicted molar refractivity (Wildman–Crippen MR) is 62.3 cm³/mol. The zero-order valence-electron chi connectivity index (χ0n) is 9.96. The van der Waals surface area contributed by atoms with Crippen LogP contribution in [0.3, 0.4) is 0 Å². The number of nitrogens with two attached hydrogens (primary N) is 1. The molecule has 0 fully saturated rings. The topological polar surface area (TPSA) is 47.3 Å². The fraction of sp³-hybridized carbons (Fsp3) is 0.500. The lowest BCUT2D eigenvalue weighted by Gasteiger charge is -2.26. The SMILES string of the molecule is CCC(OC)C(NN)c1ccc(F)cc1C. The zero-order valence-corrected chi connectivity index (χ0v) is 9.96. The third-order valence-corrected chi connectivity index (χ3v) is 2.82. The van der Waals surface area contributed by atoms with Crippen LogP contribution in [0.4, 0.5) is 4.39 Å². The van der Waals surface area contributed by atoms with Crippen molar-refractivity contribution in [3.8, 4) is 0 Å². The van der Waals surface area contributed by atoms with Crippen LogP contribution in [-0.4, -0.2) is 13.2 Å². The normalized spacial score (nSPS) is 14.8. The summed E-state index contributed by atoms with van der Waals surface area (Å²) in [6, 6.07) is 4.57. The Hall–Kier alpha value is -0.970. The van der Waals surface area contributed by atoms with E-state index < -0.39 is 0 Å². The zero-order chi connectivity index (χ0) is 12.1. The van der Waals surface area contributed by atoms with Gasteiger partial charge in [-0.25, -0.2) is 4.39 Å². The highest BCUT2D eigenvalue weighted by Crippen LogP contribution is 2.24. The van der Waals surface area contributed by atoms with Crippen LogP contribution in [-0.2, 0) is 4.74 Å². The maximum Gasteiger partial charge on any atom is 0.123 e. The molecule has 0 saturated heterocycles. The maximum atomic E-state index is 13.0.